The second kappa shape index (κ2) is 6.97. The number of esters is 2. The predicted octanol–water partition coefficient (Wildman–Crippen LogP) is -2.33. The number of rotatable bonds is 5. The Hall–Kier alpha value is -1.82. The first kappa shape index (κ1) is 20.2. The quantitative estimate of drug-likeness (QED) is 0.207. The molecule has 10 nitrogen and oxygen atoms in total. The van der Waals surface area contributed by atoms with Crippen LogP contribution < -0.4 is 0 Å². The van der Waals surface area contributed by atoms with Gasteiger partial charge in [-0.1, -0.05) is 13.2 Å². The molecule has 0 radical (unpaired) electrons. The summed E-state index contributed by atoms with van der Waals surface area (Å²) in [6, 6.07) is 0. The Kier molecular flexibility index (Phi) is 5.87. The van der Waals surface area contributed by atoms with Crippen LogP contribution in [0.4, 0.5) is 0 Å². The molecule has 0 bridgehead atoms. The highest BCUT2D eigenvalue weighted by Crippen LogP contribution is 2.39. The topological polar surface area (TPSA) is 163 Å². The highest BCUT2D eigenvalue weighted by molar-refractivity contribution is 5.88. The molecular formula is C14H20O10. The summed E-state index contributed by atoms with van der Waals surface area (Å²) in [7, 11) is 0. The minimum atomic E-state index is -3.43. The van der Waals surface area contributed by atoms with Crippen LogP contribution in [-0.4, -0.2) is 74.2 Å². The van der Waals surface area contributed by atoms with Crippen LogP contribution in [0.2, 0.25) is 0 Å². The lowest BCUT2D eigenvalue weighted by Gasteiger charge is -2.49. The van der Waals surface area contributed by atoms with Gasteiger partial charge in [0.05, 0.1) is 6.61 Å². The van der Waals surface area contributed by atoms with Gasteiger partial charge in [-0.15, -0.1) is 0 Å². The molecule has 1 heterocycles. The fraction of sp³-hybridized carbons (Fsp3) is 0.571. The number of aliphatic hydroxyl groups is 5. The highest BCUT2D eigenvalue weighted by Gasteiger charge is 2.70. The zero-order valence-corrected chi connectivity index (χ0v) is 13.1. The summed E-state index contributed by atoms with van der Waals surface area (Å²) >= 11 is 0. The van der Waals surface area contributed by atoms with Gasteiger partial charge in [-0.3, -0.25) is 0 Å². The van der Waals surface area contributed by atoms with E-state index in [1.54, 1.807) is 0 Å². The van der Waals surface area contributed by atoms with Gasteiger partial charge in [0.25, 0.3) is 0 Å². The van der Waals surface area contributed by atoms with Crippen molar-refractivity contribution in [3.63, 3.8) is 0 Å². The van der Waals surface area contributed by atoms with Gasteiger partial charge in [0.2, 0.25) is 0 Å². The van der Waals surface area contributed by atoms with E-state index in [4.69, 9.17) is 9.84 Å². The minimum Gasteiger partial charge on any atom is -0.417 e. The Morgan fingerprint density at radius 2 is 1.54 bits per heavy atom. The van der Waals surface area contributed by atoms with E-state index in [0.717, 1.165) is 0 Å². The van der Waals surface area contributed by atoms with Crippen molar-refractivity contribution in [2.75, 3.05) is 6.61 Å². The zero-order chi connectivity index (χ0) is 18.9. The molecule has 5 atom stereocenters. The molecule has 0 aromatic heterocycles. The smallest absolute Gasteiger partial charge is 0.400 e. The number of hydrogen-bond acceptors (Lipinski definition) is 10. The zero-order valence-electron chi connectivity index (χ0n) is 13.1. The lowest BCUT2D eigenvalue weighted by atomic mass is 9.94. The van der Waals surface area contributed by atoms with Crippen molar-refractivity contribution < 1.29 is 49.3 Å². The summed E-state index contributed by atoms with van der Waals surface area (Å²) in [5.74, 6) is -9.37. The van der Waals surface area contributed by atoms with E-state index in [9.17, 15) is 30.0 Å². The maximum Gasteiger partial charge on any atom is 0.400 e. The van der Waals surface area contributed by atoms with E-state index in [2.05, 4.69) is 22.6 Å². The number of aliphatic hydroxyl groups excluding tert-OH is 3. The summed E-state index contributed by atoms with van der Waals surface area (Å²) in [5, 5.41) is 49.8. The van der Waals surface area contributed by atoms with Gasteiger partial charge in [-0.2, -0.15) is 0 Å². The summed E-state index contributed by atoms with van der Waals surface area (Å²) in [6.07, 6.45) is -6.04. The Balaban J connectivity index is 3.34. The van der Waals surface area contributed by atoms with Gasteiger partial charge in [0.15, 0.2) is 6.10 Å². The first-order valence-corrected chi connectivity index (χ1v) is 6.77. The second-order valence-electron chi connectivity index (χ2n) is 5.39. The lowest BCUT2D eigenvalue weighted by Crippen LogP contribution is -2.75. The highest BCUT2D eigenvalue weighted by atomic mass is 16.9. The van der Waals surface area contributed by atoms with Crippen LogP contribution in [0.5, 0.6) is 0 Å². The first-order chi connectivity index (χ1) is 10.9. The molecule has 0 aliphatic carbocycles. The van der Waals surface area contributed by atoms with E-state index >= 15 is 0 Å². The molecule has 1 rings (SSSR count). The van der Waals surface area contributed by atoms with E-state index < -0.39 is 48.6 Å². The van der Waals surface area contributed by atoms with Gasteiger partial charge in [0, 0.05) is 11.1 Å². The fourth-order valence-corrected chi connectivity index (χ4v) is 1.79. The standard InChI is InChI=1S/C14H20O10/c1-6(2)11(18)23-13(20)10(17)9(16)8(5-15)22-14(13,21)24-12(19)7(3)4/h8-10,15-17,20-21H,1,3,5H2,2,4H3/t8-,9+,10+,13-,14+/m1/s1. The van der Waals surface area contributed by atoms with E-state index in [0.29, 0.717) is 0 Å². The molecule has 1 aliphatic rings. The van der Waals surface area contributed by atoms with Crippen LogP contribution in [0.15, 0.2) is 24.3 Å². The molecule has 136 valence electrons. The molecular weight excluding hydrogens is 328 g/mol. The third-order valence-corrected chi connectivity index (χ3v) is 3.23. The maximum atomic E-state index is 11.7. The van der Waals surface area contributed by atoms with Crippen LogP contribution in [0.3, 0.4) is 0 Å². The van der Waals surface area contributed by atoms with Gasteiger partial charge in [-0.25, -0.2) is 9.59 Å². The van der Waals surface area contributed by atoms with Crippen LogP contribution in [0.1, 0.15) is 13.8 Å². The first-order valence-electron chi connectivity index (χ1n) is 6.77. The van der Waals surface area contributed by atoms with Crippen molar-refractivity contribution in [2.45, 2.75) is 43.9 Å². The Labute approximate surface area is 137 Å². The molecule has 0 aromatic carbocycles. The molecule has 0 saturated carbocycles. The summed E-state index contributed by atoms with van der Waals surface area (Å²) in [5.41, 5.74) is -0.454. The van der Waals surface area contributed by atoms with Crippen molar-refractivity contribution in [1.82, 2.24) is 0 Å². The maximum absolute atomic E-state index is 11.7. The number of carbonyl (C=O) groups excluding carboxylic acids is 2. The SMILES string of the molecule is C=C(C)C(=O)O[C@@]1(O)O[C@H](CO)[C@H](O)[C@H](O)[C@@]1(O)OC(=O)C(=C)C. The van der Waals surface area contributed by atoms with Crippen LogP contribution in [0, 0.1) is 0 Å². The van der Waals surface area contributed by atoms with Gasteiger partial charge >= 0.3 is 23.7 Å². The van der Waals surface area contributed by atoms with Crippen molar-refractivity contribution in [3.8, 4) is 0 Å². The fourth-order valence-electron chi connectivity index (χ4n) is 1.79. The number of ether oxygens (including phenoxy) is 3. The van der Waals surface area contributed by atoms with Crippen LogP contribution >= 0.6 is 0 Å². The molecule has 1 aliphatic heterocycles. The summed E-state index contributed by atoms with van der Waals surface area (Å²) in [4.78, 5) is 23.3. The number of carbonyl (C=O) groups is 2. The monoisotopic (exact) mass is 348 g/mol. The van der Waals surface area contributed by atoms with Crippen molar-refractivity contribution in [1.29, 1.82) is 0 Å². The lowest BCUT2D eigenvalue weighted by molar-refractivity contribution is -0.510. The molecule has 0 amide bonds. The van der Waals surface area contributed by atoms with Crippen LogP contribution in [0.25, 0.3) is 0 Å². The Morgan fingerprint density at radius 1 is 1.08 bits per heavy atom. The molecule has 10 heteroatoms. The van der Waals surface area contributed by atoms with Crippen molar-refractivity contribution >= 4 is 11.9 Å². The Morgan fingerprint density at radius 3 is 1.96 bits per heavy atom. The second-order valence-corrected chi connectivity index (χ2v) is 5.39. The molecule has 0 spiro atoms. The molecule has 0 aromatic rings. The molecule has 0 unspecified atom stereocenters. The third kappa shape index (κ3) is 3.48. The third-order valence-electron chi connectivity index (χ3n) is 3.23. The minimum absolute atomic E-state index is 0.221. The molecule has 1 saturated heterocycles. The molecule has 24 heavy (non-hydrogen) atoms. The average Bonchev–Trinajstić information content (AvgIpc) is 2.49. The normalized spacial score (nSPS) is 35.9. The summed E-state index contributed by atoms with van der Waals surface area (Å²) in [6.45, 7) is 8.00. The van der Waals surface area contributed by atoms with Crippen LogP contribution in [-0.2, 0) is 23.8 Å². The largest absolute Gasteiger partial charge is 0.417 e. The average molecular weight is 348 g/mol. The Bertz CT molecular complexity index is 558. The number of hydrogen-bond donors (Lipinski definition) is 5. The van der Waals surface area contributed by atoms with Crippen molar-refractivity contribution in [2.24, 2.45) is 0 Å². The predicted molar refractivity (Wildman–Crippen MR) is 75.7 cm³/mol. The van der Waals surface area contributed by atoms with E-state index in [1.807, 2.05) is 0 Å². The van der Waals surface area contributed by atoms with E-state index in [1.165, 1.54) is 13.8 Å². The van der Waals surface area contributed by atoms with E-state index in [-0.39, 0.29) is 11.1 Å². The molecule has 1 fully saturated rings. The molecule has 5 N–H and O–H groups in total. The van der Waals surface area contributed by atoms with Crippen molar-refractivity contribution in [3.05, 3.63) is 24.3 Å². The van der Waals surface area contributed by atoms with Gasteiger partial charge < -0.3 is 39.7 Å². The van der Waals surface area contributed by atoms with Gasteiger partial charge in [0.1, 0.15) is 12.2 Å². The summed E-state index contributed by atoms with van der Waals surface area (Å²) < 4.78 is 13.9. The van der Waals surface area contributed by atoms with Gasteiger partial charge in [-0.05, 0) is 13.8 Å².